The minimum absolute atomic E-state index is 0.246. The van der Waals surface area contributed by atoms with Crippen molar-refractivity contribution in [2.45, 2.75) is 19.6 Å². The van der Waals surface area contributed by atoms with Crippen LogP contribution >= 0.6 is 0 Å². The third kappa shape index (κ3) is 5.21. The largest absolute Gasteiger partial charge is 0.483 e. The number of aliphatic imine (C=N–C) groups is 1. The van der Waals surface area contributed by atoms with Gasteiger partial charge in [0, 0.05) is 17.9 Å². The Hall–Kier alpha value is -2.66. The van der Waals surface area contributed by atoms with Gasteiger partial charge in [-0.05, 0) is 30.7 Å². The zero-order valence-corrected chi connectivity index (χ0v) is 13.8. The molecule has 0 amide bonds. The van der Waals surface area contributed by atoms with Crippen LogP contribution in [0.15, 0.2) is 65.5 Å². The maximum Gasteiger partial charge on any atom is 0.185 e. The first-order valence-electron chi connectivity index (χ1n) is 7.59. The molecule has 0 fully saturated rings. The highest BCUT2D eigenvalue weighted by Crippen LogP contribution is 2.29. The van der Waals surface area contributed by atoms with Crippen molar-refractivity contribution in [3.63, 3.8) is 0 Å². The van der Waals surface area contributed by atoms with Crippen molar-refractivity contribution in [3.8, 4) is 0 Å². The molecule has 1 atom stereocenters. The Bertz CT molecular complexity index is 715. The van der Waals surface area contributed by atoms with Crippen LogP contribution in [0.2, 0.25) is 0 Å². The van der Waals surface area contributed by atoms with Crippen LogP contribution in [0.1, 0.15) is 24.2 Å². The summed E-state index contributed by atoms with van der Waals surface area (Å²) < 4.78 is 24.3. The number of ether oxygens (including phenoxy) is 2. The lowest BCUT2D eigenvalue weighted by Gasteiger charge is -2.16. The molecule has 126 valence electrons. The van der Waals surface area contributed by atoms with Crippen molar-refractivity contribution in [2.75, 3.05) is 7.11 Å². The first-order chi connectivity index (χ1) is 11.6. The number of benzene rings is 2. The maximum atomic E-state index is 13.6. The number of allylic oxidation sites excluding steroid dienone is 1. The molecule has 0 aliphatic rings. The van der Waals surface area contributed by atoms with Gasteiger partial charge >= 0.3 is 0 Å². The number of hydrogen-bond acceptors (Lipinski definition) is 4. The number of nitrogens with two attached hydrogens (primary N) is 1. The second kappa shape index (κ2) is 8.84. The summed E-state index contributed by atoms with van der Waals surface area (Å²) >= 11 is 0. The SMILES string of the molecule is COC(N)=CC=Nc1ccc(F)cc1[C@@H](C)OCc1ccccc1. The van der Waals surface area contributed by atoms with Gasteiger partial charge in [-0.1, -0.05) is 30.3 Å². The molecule has 0 radical (unpaired) electrons. The fourth-order valence-corrected chi connectivity index (χ4v) is 2.11. The van der Waals surface area contributed by atoms with E-state index in [2.05, 4.69) is 4.99 Å². The van der Waals surface area contributed by atoms with Crippen LogP contribution in [0, 0.1) is 5.82 Å². The van der Waals surface area contributed by atoms with E-state index in [1.54, 1.807) is 6.07 Å². The zero-order chi connectivity index (χ0) is 17.4. The van der Waals surface area contributed by atoms with Crippen LogP contribution in [0.4, 0.5) is 10.1 Å². The highest BCUT2D eigenvalue weighted by molar-refractivity contribution is 5.75. The zero-order valence-electron chi connectivity index (χ0n) is 13.8. The molecule has 0 saturated carbocycles. The van der Waals surface area contributed by atoms with Gasteiger partial charge in [0.1, 0.15) is 5.82 Å². The molecular formula is C19H21FN2O2. The Morgan fingerprint density at radius 2 is 2.00 bits per heavy atom. The molecule has 2 aromatic carbocycles. The molecule has 0 saturated heterocycles. The summed E-state index contributed by atoms with van der Waals surface area (Å²) in [4.78, 5) is 4.30. The van der Waals surface area contributed by atoms with Crippen LogP contribution < -0.4 is 5.73 Å². The molecule has 4 nitrogen and oxygen atoms in total. The summed E-state index contributed by atoms with van der Waals surface area (Å²) in [5.41, 5.74) is 7.89. The minimum atomic E-state index is -0.328. The summed E-state index contributed by atoms with van der Waals surface area (Å²) in [5, 5.41) is 0. The number of hydrogen-bond donors (Lipinski definition) is 1. The van der Waals surface area contributed by atoms with E-state index in [1.165, 1.54) is 31.5 Å². The van der Waals surface area contributed by atoms with Crippen molar-refractivity contribution in [1.82, 2.24) is 0 Å². The minimum Gasteiger partial charge on any atom is -0.483 e. The van der Waals surface area contributed by atoms with Crippen LogP contribution in [-0.4, -0.2) is 13.3 Å². The molecular weight excluding hydrogens is 307 g/mol. The van der Waals surface area contributed by atoms with Gasteiger partial charge < -0.3 is 15.2 Å². The summed E-state index contributed by atoms with van der Waals surface area (Å²) in [6.45, 7) is 2.31. The Morgan fingerprint density at radius 1 is 1.25 bits per heavy atom. The third-order valence-electron chi connectivity index (χ3n) is 3.46. The van der Waals surface area contributed by atoms with Gasteiger partial charge in [0.15, 0.2) is 5.88 Å². The lowest BCUT2D eigenvalue weighted by Crippen LogP contribution is -2.02. The Balaban J connectivity index is 2.13. The van der Waals surface area contributed by atoms with Gasteiger partial charge in [-0.2, -0.15) is 0 Å². The van der Waals surface area contributed by atoms with Gasteiger partial charge in [-0.15, -0.1) is 0 Å². The lowest BCUT2D eigenvalue weighted by molar-refractivity contribution is 0.0527. The lowest BCUT2D eigenvalue weighted by atomic mass is 10.1. The molecule has 0 bridgehead atoms. The molecule has 24 heavy (non-hydrogen) atoms. The summed E-state index contributed by atoms with van der Waals surface area (Å²) in [7, 11) is 1.47. The van der Waals surface area contributed by atoms with Gasteiger partial charge in [0.25, 0.3) is 0 Å². The van der Waals surface area contributed by atoms with Crippen LogP contribution in [0.25, 0.3) is 0 Å². The van der Waals surface area contributed by atoms with Crippen LogP contribution in [0.3, 0.4) is 0 Å². The van der Waals surface area contributed by atoms with Crippen molar-refractivity contribution in [3.05, 3.63) is 77.4 Å². The molecule has 0 spiro atoms. The fraction of sp³-hybridized carbons (Fsp3) is 0.211. The van der Waals surface area contributed by atoms with E-state index in [9.17, 15) is 4.39 Å². The number of nitrogens with zero attached hydrogens (tertiary/aromatic N) is 1. The van der Waals surface area contributed by atoms with E-state index >= 15 is 0 Å². The molecule has 0 aliphatic carbocycles. The van der Waals surface area contributed by atoms with E-state index in [0.717, 1.165) is 5.56 Å². The van der Waals surface area contributed by atoms with Crippen LogP contribution in [-0.2, 0) is 16.1 Å². The second-order valence-corrected chi connectivity index (χ2v) is 5.19. The number of methoxy groups -OCH3 is 1. The molecule has 5 heteroatoms. The first-order valence-corrected chi connectivity index (χ1v) is 7.59. The Labute approximate surface area is 141 Å². The predicted molar refractivity (Wildman–Crippen MR) is 93.5 cm³/mol. The average Bonchev–Trinajstić information content (AvgIpc) is 2.61. The quantitative estimate of drug-likeness (QED) is 0.610. The Kier molecular flexibility index (Phi) is 6.51. The number of halogens is 1. The standard InChI is InChI=1S/C19H21FN2O2/c1-14(24-13-15-6-4-3-5-7-15)17-12-16(20)8-9-18(17)22-11-10-19(21)23-2/h3-12,14H,13,21H2,1-2H3/t14-/m1/s1. The van der Waals surface area contributed by atoms with Gasteiger partial charge in [-0.3, -0.25) is 4.99 Å². The van der Waals surface area contributed by atoms with Crippen molar-refractivity contribution < 1.29 is 13.9 Å². The van der Waals surface area contributed by atoms with Gasteiger partial charge in [0.2, 0.25) is 0 Å². The van der Waals surface area contributed by atoms with E-state index in [0.29, 0.717) is 17.9 Å². The average molecular weight is 328 g/mol. The fourth-order valence-electron chi connectivity index (χ4n) is 2.11. The summed E-state index contributed by atoms with van der Waals surface area (Å²) in [6.07, 6.45) is 2.74. The molecule has 0 aliphatic heterocycles. The Morgan fingerprint density at radius 3 is 2.71 bits per heavy atom. The summed E-state index contributed by atoms with van der Waals surface area (Å²) in [6, 6.07) is 14.2. The van der Waals surface area contributed by atoms with Crippen molar-refractivity contribution in [2.24, 2.45) is 10.7 Å². The van der Waals surface area contributed by atoms with Gasteiger partial charge in [-0.25, -0.2) is 4.39 Å². The van der Waals surface area contributed by atoms with E-state index in [-0.39, 0.29) is 17.8 Å². The molecule has 2 rings (SSSR count). The smallest absolute Gasteiger partial charge is 0.185 e. The van der Waals surface area contributed by atoms with E-state index in [1.807, 2.05) is 37.3 Å². The summed E-state index contributed by atoms with van der Waals surface area (Å²) in [5.74, 6) is -0.0816. The highest BCUT2D eigenvalue weighted by atomic mass is 19.1. The van der Waals surface area contributed by atoms with Crippen LogP contribution in [0.5, 0.6) is 0 Å². The molecule has 0 aromatic heterocycles. The predicted octanol–water partition coefficient (Wildman–Crippen LogP) is 4.25. The topological polar surface area (TPSA) is 56.8 Å². The van der Waals surface area contributed by atoms with Gasteiger partial charge in [0.05, 0.1) is 25.5 Å². The van der Waals surface area contributed by atoms with E-state index < -0.39 is 0 Å². The molecule has 2 aromatic rings. The molecule has 2 N–H and O–H groups in total. The first kappa shape index (κ1) is 17.7. The monoisotopic (exact) mass is 328 g/mol. The maximum absolute atomic E-state index is 13.6. The van der Waals surface area contributed by atoms with Crippen molar-refractivity contribution >= 4 is 11.9 Å². The molecule has 0 unspecified atom stereocenters. The van der Waals surface area contributed by atoms with Crippen molar-refractivity contribution in [1.29, 1.82) is 0 Å². The van der Waals surface area contributed by atoms with E-state index in [4.69, 9.17) is 15.2 Å². The third-order valence-corrected chi connectivity index (χ3v) is 3.46. The molecule has 0 heterocycles. The second-order valence-electron chi connectivity index (χ2n) is 5.19. The number of rotatable bonds is 7. The highest BCUT2D eigenvalue weighted by Gasteiger charge is 2.12. The normalized spacial score (nSPS) is 13.2.